The summed E-state index contributed by atoms with van der Waals surface area (Å²) in [6.45, 7) is 6.72. The first-order chi connectivity index (χ1) is 6.31. The molecule has 0 saturated carbocycles. The molecule has 0 heterocycles. The maximum Gasteiger partial charge on any atom is 0.345 e. The van der Waals surface area contributed by atoms with Crippen LogP contribution in [0, 0.1) is 0 Å². The van der Waals surface area contributed by atoms with Gasteiger partial charge in [-0.2, -0.15) is 0 Å². The zero-order valence-corrected chi connectivity index (χ0v) is 9.97. The predicted octanol–water partition coefficient (Wildman–Crippen LogP) is 1.52. The van der Waals surface area contributed by atoms with Crippen LogP contribution in [-0.4, -0.2) is 24.3 Å². The van der Waals surface area contributed by atoms with E-state index in [9.17, 15) is 9.36 Å². The van der Waals surface area contributed by atoms with Crippen LogP contribution in [0.25, 0.3) is 0 Å². The quantitative estimate of drug-likeness (QED) is 0.692. The fourth-order valence-electron chi connectivity index (χ4n) is 0.835. The number of carbonyl (C=O) groups excluding carboxylic acids is 1. The third kappa shape index (κ3) is 2.56. The molecule has 84 valence electrons. The molecule has 0 saturated heterocycles. The van der Waals surface area contributed by atoms with Crippen molar-refractivity contribution in [2.45, 2.75) is 32.9 Å². The van der Waals surface area contributed by atoms with E-state index >= 15 is 0 Å². The van der Waals surface area contributed by atoms with Gasteiger partial charge >= 0.3 is 7.60 Å². The molecule has 6 heteroatoms. The lowest BCUT2D eigenvalue weighted by Gasteiger charge is -2.29. The molecule has 0 atom stereocenters. The van der Waals surface area contributed by atoms with Crippen molar-refractivity contribution < 1.29 is 18.4 Å². The van der Waals surface area contributed by atoms with E-state index in [0.29, 0.717) is 0 Å². The molecular formula is C8H18NO4P. The Morgan fingerprint density at radius 3 is 1.86 bits per heavy atom. The second kappa shape index (κ2) is 4.91. The highest BCUT2D eigenvalue weighted by molar-refractivity contribution is 7.56. The summed E-state index contributed by atoms with van der Waals surface area (Å²) >= 11 is 0. The third-order valence-corrected chi connectivity index (χ3v) is 4.67. The van der Waals surface area contributed by atoms with Gasteiger partial charge in [-0.1, -0.05) is 0 Å². The first kappa shape index (κ1) is 13.6. The number of nitrogens with two attached hydrogens (primary N) is 1. The average molecular weight is 223 g/mol. The molecule has 0 bridgehead atoms. The van der Waals surface area contributed by atoms with Gasteiger partial charge in [0.05, 0.1) is 13.2 Å². The van der Waals surface area contributed by atoms with E-state index in [1.165, 1.54) is 13.8 Å². The lowest BCUT2D eigenvalue weighted by Crippen LogP contribution is -2.39. The lowest BCUT2D eigenvalue weighted by atomic mass is 10.2. The number of carbonyl (C=O) groups is 1. The normalized spacial score (nSPS) is 12.9. The van der Waals surface area contributed by atoms with E-state index in [0.717, 1.165) is 0 Å². The summed E-state index contributed by atoms with van der Waals surface area (Å²) < 4.78 is 22.2. The van der Waals surface area contributed by atoms with Gasteiger partial charge in [0.25, 0.3) is 0 Å². The Kier molecular flexibility index (Phi) is 4.78. The van der Waals surface area contributed by atoms with Crippen molar-refractivity contribution in [3.63, 3.8) is 0 Å². The molecule has 0 aromatic heterocycles. The van der Waals surface area contributed by atoms with Crippen molar-refractivity contribution in [1.29, 1.82) is 0 Å². The van der Waals surface area contributed by atoms with Gasteiger partial charge < -0.3 is 14.8 Å². The van der Waals surface area contributed by atoms with E-state index in [1.54, 1.807) is 13.8 Å². The standard InChI is InChI=1S/C8H18NO4P/c1-5-12-14(11,13-6-2)8(3,4)7(9)10/h5-6H2,1-4H3,(H2,9,10). The molecule has 0 aromatic carbocycles. The zero-order valence-electron chi connectivity index (χ0n) is 9.07. The lowest BCUT2D eigenvalue weighted by molar-refractivity contribution is -0.120. The molecule has 1 amide bonds. The number of primary amides is 1. The van der Waals surface area contributed by atoms with Crippen molar-refractivity contribution in [3.8, 4) is 0 Å². The Morgan fingerprint density at radius 1 is 1.29 bits per heavy atom. The number of hydrogen-bond donors (Lipinski definition) is 1. The van der Waals surface area contributed by atoms with Crippen LogP contribution >= 0.6 is 7.60 Å². The molecule has 0 spiro atoms. The van der Waals surface area contributed by atoms with Crippen LogP contribution in [0.5, 0.6) is 0 Å². The van der Waals surface area contributed by atoms with Crippen LogP contribution in [0.4, 0.5) is 0 Å². The summed E-state index contributed by atoms with van der Waals surface area (Å²) in [5.41, 5.74) is 5.15. The summed E-state index contributed by atoms with van der Waals surface area (Å²) in [6.07, 6.45) is 0. The van der Waals surface area contributed by atoms with Crippen LogP contribution in [0.15, 0.2) is 0 Å². The second-order valence-corrected chi connectivity index (χ2v) is 5.89. The first-order valence-electron chi connectivity index (χ1n) is 4.51. The number of amides is 1. The van der Waals surface area contributed by atoms with Gasteiger partial charge in [-0.25, -0.2) is 0 Å². The van der Waals surface area contributed by atoms with Gasteiger partial charge in [-0.3, -0.25) is 9.36 Å². The highest BCUT2D eigenvalue weighted by atomic mass is 31.2. The molecular weight excluding hydrogens is 205 g/mol. The summed E-state index contributed by atoms with van der Waals surface area (Å²) in [6, 6.07) is 0. The summed E-state index contributed by atoms with van der Waals surface area (Å²) in [7, 11) is -3.45. The molecule has 2 N–H and O–H groups in total. The minimum absolute atomic E-state index is 0.216. The smallest absolute Gasteiger partial charge is 0.345 e. The molecule has 0 radical (unpaired) electrons. The van der Waals surface area contributed by atoms with E-state index in [4.69, 9.17) is 14.8 Å². The van der Waals surface area contributed by atoms with Gasteiger partial charge in [0, 0.05) is 0 Å². The summed E-state index contributed by atoms with van der Waals surface area (Å²) in [4.78, 5) is 11.1. The molecule has 14 heavy (non-hydrogen) atoms. The van der Waals surface area contributed by atoms with Gasteiger partial charge in [-0.05, 0) is 27.7 Å². The molecule has 0 rings (SSSR count). The predicted molar refractivity (Wildman–Crippen MR) is 54.1 cm³/mol. The van der Waals surface area contributed by atoms with Crippen molar-refractivity contribution in [2.75, 3.05) is 13.2 Å². The maximum atomic E-state index is 12.1. The first-order valence-corrected chi connectivity index (χ1v) is 6.05. The van der Waals surface area contributed by atoms with Crippen LogP contribution in [0.2, 0.25) is 0 Å². The van der Waals surface area contributed by atoms with Crippen LogP contribution in [-0.2, 0) is 18.4 Å². The fraction of sp³-hybridized carbons (Fsp3) is 0.875. The molecule has 0 aliphatic carbocycles. The van der Waals surface area contributed by atoms with Crippen molar-refractivity contribution in [2.24, 2.45) is 5.73 Å². The van der Waals surface area contributed by atoms with Crippen molar-refractivity contribution >= 4 is 13.5 Å². The largest absolute Gasteiger partial charge is 0.369 e. The van der Waals surface area contributed by atoms with E-state index in [1.807, 2.05) is 0 Å². The van der Waals surface area contributed by atoms with Crippen LogP contribution in [0.3, 0.4) is 0 Å². The van der Waals surface area contributed by atoms with Gasteiger partial charge in [0.1, 0.15) is 5.16 Å². The monoisotopic (exact) mass is 223 g/mol. The molecule has 0 fully saturated rings. The third-order valence-electron chi connectivity index (χ3n) is 1.89. The Balaban J connectivity index is 4.99. The number of rotatable bonds is 6. The van der Waals surface area contributed by atoms with Gasteiger partial charge in [0.2, 0.25) is 5.91 Å². The number of hydrogen-bond acceptors (Lipinski definition) is 4. The van der Waals surface area contributed by atoms with Gasteiger partial charge in [0.15, 0.2) is 0 Å². The Morgan fingerprint density at radius 2 is 1.64 bits per heavy atom. The van der Waals surface area contributed by atoms with E-state index in [-0.39, 0.29) is 13.2 Å². The molecule has 0 unspecified atom stereocenters. The van der Waals surface area contributed by atoms with Crippen molar-refractivity contribution in [1.82, 2.24) is 0 Å². The molecule has 0 aromatic rings. The highest BCUT2D eigenvalue weighted by Crippen LogP contribution is 2.59. The fourth-order valence-corrected chi connectivity index (χ4v) is 2.50. The SMILES string of the molecule is CCOP(=O)(OCC)C(C)(C)C(N)=O. The summed E-state index contributed by atoms with van der Waals surface area (Å²) in [5.74, 6) is -0.692. The van der Waals surface area contributed by atoms with Gasteiger partial charge in [-0.15, -0.1) is 0 Å². The Labute approximate surface area is 84.5 Å². The minimum atomic E-state index is -3.45. The second-order valence-electron chi connectivity index (χ2n) is 3.26. The van der Waals surface area contributed by atoms with Crippen LogP contribution in [0.1, 0.15) is 27.7 Å². The highest BCUT2D eigenvalue weighted by Gasteiger charge is 2.48. The summed E-state index contributed by atoms with van der Waals surface area (Å²) in [5, 5.41) is -1.29. The minimum Gasteiger partial charge on any atom is -0.369 e. The average Bonchev–Trinajstić information content (AvgIpc) is 2.04. The molecule has 5 nitrogen and oxygen atoms in total. The topological polar surface area (TPSA) is 78.6 Å². The molecule has 0 aliphatic heterocycles. The van der Waals surface area contributed by atoms with E-state index < -0.39 is 18.7 Å². The van der Waals surface area contributed by atoms with E-state index in [2.05, 4.69) is 0 Å². The zero-order chi connectivity index (χ0) is 11.4. The Hall–Kier alpha value is -0.380. The van der Waals surface area contributed by atoms with Crippen molar-refractivity contribution in [3.05, 3.63) is 0 Å². The molecule has 0 aliphatic rings. The Bertz CT molecular complexity index is 242. The van der Waals surface area contributed by atoms with Crippen LogP contribution < -0.4 is 5.73 Å². The maximum absolute atomic E-state index is 12.1.